The molecule has 0 unspecified atom stereocenters. The summed E-state index contributed by atoms with van der Waals surface area (Å²) in [5, 5.41) is 0.729. The van der Waals surface area contributed by atoms with E-state index >= 15 is 0 Å². The van der Waals surface area contributed by atoms with Crippen LogP contribution in [0.1, 0.15) is 19.8 Å². The molecule has 1 aliphatic rings. The van der Waals surface area contributed by atoms with Gasteiger partial charge in [0.1, 0.15) is 0 Å². The van der Waals surface area contributed by atoms with Crippen molar-refractivity contribution in [3.8, 4) is 0 Å². The molecule has 0 amide bonds. The lowest BCUT2D eigenvalue weighted by atomic mass is 10.4. The van der Waals surface area contributed by atoms with E-state index in [9.17, 15) is 0 Å². The highest BCUT2D eigenvalue weighted by Crippen LogP contribution is 2.20. The van der Waals surface area contributed by atoms with E-state index in [4.69, 9.17) is 5.84 Å². The van der Waals surface area contributed by atoms with Gasteiger partial charge in [0.15, 0.2) is 5.16 Å². The predicted molar refractivity (Wildman–Crippen MR) is 65.5 cm³/mol. The quantitative estimate of drug-likeness (QED) is 0.459. The molecule has 0 atom stereocenters. The van der Waals surface area contributed by atoms with Gasteiger partial charge in [0.25, 0.3) is 0 Å². The predicted octanol–water partition coefficient (Wildman–Crippen LogP) is 0.869. The van der Waals surface area contributed by atoms with Crippen LogP contribution in [-0.2, 0) is 0 Å². The zero-order valence-electron chi connectivity index (χ0n) is 9.31. The van der Waals surface area contributed by atoms with Gasteiger partial charge >= 0.3 is 0 Å². The van der Waals surface area contributed by atoms with Crippen LogP contribution in [0.3, 0.4) is 0 Å². The number of rotatable bonds is 4. The van der Waals surface area contributed by atoms with E-state index in [2.05, 4.69) is 32.2 Å². The molecule has 0 radical (unpaired) electrons. The van der Waals surface area contributed by atoms with Crippen LogP contribution < -0.4 is 16.2 Å². The number of nitrogens with two attached hydrogens (primary N) is 1. The van der Waals surface area contributed by atoms with Gasteiger partial charge in [0, 0.05) is 13.1 Å². The summed E-state index contributed by atoms with van der Waals surface area (Å²) in [7, 11) is 0. The highest BCUT2D eigenvalue weighted by Gasteiger charge is 2.17. The lowest BCUT2D eigenvalue weighted by molar-refractivity contribution is 0.827. The minimum absolute atomic E-state index is 0.438. The molecular weight excluding hydrogens is 224 g/mol. The summed E-state index contributed by atoms with van der Waals surface area (Å²) in [4.78, 5) is 15.1. The number of hydrazine groups is 1. The first-order valence-corrected chi connectivity index (χ1v) is 6.42. The van der Waals surface area contributed by atoms with Crippen LogP contribution in [0.2, 0.25) is 0 Å². The van der Waals surface area contributed by atoms with Crippen LogP contribution in [0.5, 0.6) is 0 Å². The van der Waals surface area contributed by atoms with Gasteiger partial charge in [-0.05, 0) is 18.6 Å². The number of hydrogen-bond acceptors (Lipinski definition) is 7. The van der Waals surface area contributed by atoms with Crippen LogP contribution in [0.15, 0.2) is 5.16 Å². The van der Waals surface area contributed by atoms with E-state index < -0.39 is 0 Å². The molecule has 0 bridgehead atoms. The second kappa shape index (κ2) is 5.31. The molecule has 2 rings (SSSR count). The van der Waals surface area contributed by atoms with Gasteiger partial charge in [-0.25, -0.2) is 5.84 Å². The van der Waals surface area contributed by atoms with Crippen molar-refractivity contribution in [2.45, 2.75) is 24.9 Å². The third-order valence-electron chi connectivity index (χ3n) is 2.39. The topological polar surface area (TPSA) is 80.0 Å². The van der Waals surface area contributed by atoms with Crippen molar-refractivity contribution < 1.29 is 0 Å². The molecule has 1 aromatic rings. The Kier molecular flexibility index (Phi) is 3.79. The van der Waals surface area contributed by atoms with Crippen molar-refractivity contribution in [1.29, 1.82) is 0 Å². The second-order valence-electron chi connectivity index (χ2n) is 3.51. The van der Waals surface area contributed by atoms with E-state index in [1.807, 2.05) is 0 Å². The Bertz CT molecular complexity index is 352. The molecule has 2 heterocycles. The maximum Gasteiger partial charge on any atom is 0.242 e. The fourth-order valence-corrected chi connectivity index (χ4v) is 2.22. The Morgan fingerprint density at radius 3 is 2.69 bits per heavy atom. The van der Waals surface area contributed by atoms with Crippen LogP contribution >= 0.6 is 11.8 Å². The number of nitrogens with zero attached hydrogens (tertiary/aromatic N) is 4. The van der Waals surface area contributed by atoms with Gasteiger partial charge in [0.2, 0.25) is 11.9 Å². The summed E-state index contributed by atoms with van der Waals surface area (Å²) in [6.07, 6.45) is 2.40. The molecule has 1 aromatic heterocycles. The molecule has 1 saturated heterocycles. The Morgan fingerprint density at radius 1 is 1.31 bits per heavy atom. The molecule has 0 aliphatic carbocycles. The average Bonchev–Trinajstić information content (AvgIpc) is 2.82. The smallest absolute Gasteiger partial charge is 0.242 e. The third kappa shape index (κ3) is 2.53. The minimum atomic E-state index is 0.438. The Labute approximate surface area is 99.0 Å². The van der Waals surface area contributed by atoms with Crippen molar-refractivity contribution >= 4 is 23.7 Å². The first-order chi connectivity index (χ1) is 7.83. The van der Waals surface area contributed by atoms with Crippen LogP contribution in [-0.4, -0.2) is 33.8 Å². The average molecular weight is 240 g/mol. The van der Waals surface area contributed by atoms with E-state index in [0.29, 0.717) is 5.95 Å². The van der Waals surface area contributed by atoms with Crippen LogP contribution in [0.4, 0.5) is 11.9 Å². The third-order valence-corrected chi connectivity index (χ3v) is 3.12. The highest BCUT2D eigenvalue weighted by molar-refractivity contribution is 7.99. The van der Waals surface area contributed by atoms with Gasteiger partial charge in [-0.15, -0.1) is 0 Å². The van der Waals surface area contributed by atoms with Gasteiger partial charge in [-0.1, -0.05) is 18.7 Å². The SMILES string of the molecule is CCSc1nc(NN)nc(N2CCCC2)n1. The standard InChI is InChI=1S/C9H16N6S/c1-2-16-9-12-7(14-10)11-8(13-9)15-5-3-4-6-15/h2-6,10H2,1H3,(H,11,12,13,14). The zero-order valence-corrected chi connectivity index (χ0v) is 10.1. The molecule has 6 nitrogen and oxygen atoms in total. The Balaban J connectivity index is 2.24. The van der Waals surface area contributed by atoms with Gasteiger partial charge < -0.3 is 4.90 Å². The first-order valence-electron chi connectivity index (χ1n) is 5.44. The summed E-state index contributed by atoms with van der Waals surface area (Å²) >= 11 is 1.59. The van der Waals surface area contributed by atoms with Gasteiger partial charge in [-0.3, -0.25) is 5.43 Å². The number of nitrogen functional groups attached to an aromatic ring is 1. The van der Waals surface area contributed by atoms with Crippen LogP contribution in [0, 0.1) is 0 Å². The first kappa shape index (κ1) is 11.4. The number of nitrogens with one attached hydrogen (secondary N) is 1. The molecule has 1 fully saturated rings. The monoisotopic (exact) mass is 240 g/mol. The van der Waals surface area contributed by atoms with Crippen molar-refractivity contribution in [3.63, 3.8) is 0 Å². The van der Waals surface area contributed by atoms with E-state index in [0.717, 1.165) is 29.9 Å². The maximum absolute atomic E-state index is 5.35. The molecule has 16 heavy (non-hydrogen) atoms. The van der Waals surface area contributed by atoms with Gasteiger partial charge in [-0.2, -0.15) is 15.0 Å². The lowest BCUT2D eigenvalue weighted by Crippen LogP contribution is -2.22. The van der Waals surface area contributed by atoms with E-state index in [1.54, 1.807) is 11.8 Å². The number of thioether (sulfide) groups is 1. The van der Waals surface area contributed by atoms with Crippen molar-refractivity contribution in [3.05, 3.63) is 0 Å². The highest BCUT2D eigenvalue weighted by atomic mass is 32.2. The summed E-state index contributed by atoms with van der Waals surface area (Å²) in [6.45, 7) is 4.11. The summed E-state index contributed by atoms with van der Waals surface area (Å²) in [5.74, 6) is 7.46. The van der Waals surface area contributed by atoms with E-state index in [-0.39, 0.29) is 0 Å². The maximum atomic E-state index is 5.35. The molecule has 0 spiro atoms. The van der Waals surface area contributed by atoms with Crippen molar-refractivity contribution in [2.75, 3.05) is 29.2 Å². The van der Waals surface area contributed by atoms with Crippen LogP contribution in [0.25, 0.3) is 0 Å². The van der Waals surface area contributed by atoms with Crippen molar-refractivity contribution in [1.82, 2.24) is 15.0 Å². The number of hydrogen-bond donors (Lipinski definition) is 2. The Morgan fingerprint density at radius 2 is 2.06 bits per heavy atom. The molecule has 1 aliphatic heterocycles. The molecule has 0 saturated carbocycles. The number of anilines is 2. The second-order valence-corrected chi connectivity index (χ2v) is 4.74. The molecule has 88 valence electrons. The van der Waals surface area contributed by atoms with Gasteiger partial charge in [0.05, 0.1) is 0 Å². The summed E-state index contributed by atoms with van der Waals surface area (Å²) in [6, 6.07) is 0. The molecule has 3 N–H and O–H groups in total. The summed E-state index contributed by atoms with van der Waals surface area (Å²) < 4.78 is 0. The minimum Gasteiger partial charge on any atom is -0.341 e. The fraction of sp³-hybridized carbons (Fsp3) is 0.667. The normalized spacial score (nSPS) is 15.5. The fourth-order valence-electron chi connectivity index (χ4n) is 1.66. The number of aromatic nitrogens is 3. The Hall–Kier alpha value is -1.08. The molecular formula is C9H16N6S. The molecule has 7 heteroatoms. The summed E-state index contributed by atoms with van der Waals surface area (Å²) in [5.41, 5.74) is 2.49. The zero-order chi connectivity index (χ0) is 11.4. The lowest BCUT2D eigenvalue weighted by Gasteiger charge is -2.15. The molecule has 0 aromatic carbocycles. The van der Waals surface area contributed by atoms with E-state index in [1.165, 1.54) is 12.8 Å². The van der Waals surface area contributed by atoms with Crippen molar-refractivity contribution in [2.24, 2.45) is 5.84 Å². The largest absolute Gasteiger partial charge is 0.341 e.